The van der Waals surface area contributed by atoms with Gasteiger partial charge in [-0.2, -0.15) is 0 Å². The van der Waals surface area contributed by atoms with Crippen LogP contribution in [0.3, 0.4) is 0 Å². The van der Waals surface area contributed by atoms with Crippen LogP contribution in [-0.2, 0) is 0 Å². The number of hydrogen-bond acceptors (Lipinski definition) is 1. The largest absolute Gasteiger partial charge is 0.294 e. The fourth-order valence-corrected chi connectivity index (χ4v) is 2.31. The number of carbonyl (C=O) groups excluding carboxylic acids is 1. The van der Waals surface area contributed by atoms with Crippen molar-refractivity contribution in [2.75, 3.05) is 0 Å². The van der Waals surface area contributed by atoms with E-state index in [2.05, 4.69) is 0 Å². The quantitative estimate of drug-likeness (QED) is 0.727. The summed E-state index contributed by atoms with van der Waals surface area (Å²) in [6.07, 6.45) is 0.483. The zero-order valence-electron chi connectivity index (χ0n) is 11.5. The average molecular weight is 256 g/mol. The molecular weight excluding hydrogens is 239 g/mol. The lowest BCUT2D eigenvalue weighted by Crippen LogP contribution is -1.96. The maximum Gasteiger partial charge on any atom is 0.162 e. The van der Waals surface area contributed by atoms with Gasteiger partial charge in [-0.1, -0.05) is 37.3 Å². The minimum Gasteiger partial charge on any atom is -0.294 e. The summed E-state index contributed by atoms with van der Waals surface area (Å²) < 4.78 is 14.1. The Kier molecular flexibility index (Phi) is 3.79. The molecule has 0 saturated carbocycles. The summed E-state index contributed by atoms with van der Waals surface area (Å²) in [7, 11) is 0. The Hall–Kier alpha value is -1.96. The summed E-state index contributed by atoms with van der Waals surface area (Å²) in [6.45, 7) is 5.61. The van der Waals surface area contributed by atoms with Gasteiger partial charge in [0.1, 0.15) is 5.82 Å². The average Bonchev–Trinajstić information content (AvgIpc) is 2.37. The van der Waals surface area contributed by atoms with Crippen LogP contribution in [-0.4, -0.2) is 5.78 Å². The van der Waals surface area contributed by atoms with Crippen LogP contribution in [0.4, 0.5) is 4.39 Å². The zero-order chi connectivity index (χ0) is 14.0. The van der Waals surface area contributed by atoms with Crippen LogP contribution in [0.25, 0.3) is 11.1 Å². The first kappa shape index (κ1) is 13.5. The molecule has 0 heterocycles. The first-order chi connectivity index (χ1) is 9.02. The fourth-order valence-electron chi connectivity index (χ4n) is 2.31. The standard InChI is InChI=1S/C17H17FO/c1-4-16(19)13-5-7-14(8-6-13)17-12(3)9-11(2)10-15(17)18/h5-10H,4H2,1-3H3. The third kappa shape index (κ3) is 2.73. The van der Waals surface area contributed by atoms with Crippen LogP contribution in [0.15, 0.2) is 36.4 Å². The van der Waals surface area contributed by atoms with Crippen molar-refractivity contribution in [1.29, 1.82) is 0 Å². The molecular formula is C17H17FO. The van der Waals surface area contributed by atoms with E-state index in [9.17, 15) is 9.18 Å². The lowest BCUT2D eigenvalue weighted by Gasteiger charge is -2.09. The van der Waals surface area contributed by atoms with Crippen LogP contribution >= 0.6 is 0 Å². The summed E-state index contributed by atoms with van der Waals surface area (Å²) in [5.74, 6) is -0.111. The van der Waals surface area contributed by atoms with Crippen molar-refractivity contribution >= 4 is 5.78 Å². The predicted octanol–water partition coefficient (Wildman–Crippen LogP) is 4.70. The molecule has 0 N–H and O–H groups in total. The highest BCUT2D eigenvalue weighted by Gasteiger charge is 2.10. The molecule has 0 fully saturated rings. The Morgan fingerprint density at radius 1 is 1.11 bits per heavy atom. The summed E-state index contributed by atoms with van der Waals surface area (Å²) in [4.78, 5) is 11.6. The van der Waals surface area contributed by atoms with Gasteiger partial charge >= 0.3 is 0 Å². The molecule has 0 spiro atoms. The number of carbonyl (C=O) groups is 1. The zero-order valence-corrected chi connectivity index (χ0v) is 11.5. The van der Waals surface area contributed by atoms with E-state index >= 15 is 0 Å². The highest BCUT2D eigenvalue weighted by molar-refractivity contribution is 5.96. The first-order valence-electron chi connectivity index (χ1n) is 6.43. The molecule has 98 valence electrons. The monoisotopic (exact) mass is 256 g/mol. The number of rotatable bonds is 3. The van der Waals surface area contributed by atoms with Crippen molar-refractivity contribution in [3.63, 3.8) is 0 Å². The second kappa shape index (κ2) is 5.35. The number of Topliss-reactive ketones (excluding diaryl/α,β-unsaturated/α-hetero) is 1. The molecule has 0 aromatic heterocycles. The molecule has 0 bridgehead atoms. The van der Waals surface area contributed by atoms with Gasteiger partial charge in [0.2, 0.25) is 0 Å². The molecule has 2 heteroatoms. The highest BCUT2D eigenvalue weighted by atomic mass is 19.1. The lowest BCUT2D eigenvalue weighted by atomic mass is 9.96. The van der Waals surface area contributed by atoms with Crippen LogP contribution in [0.5, 0.6) is 0 Å². The third-order valence-electron chi connectivity index (χ3n) is 3.25. The fraction of sp³-hybridized carbons (Fsp3) is 0.235. The van der Waals surface area contributed by atoms with E-state index in [1.54, 1.807) is 12.1 Å². The van der Waals surface area contributed by atoms with E-state index in [-0.39, 0.29) is 11.6 Å². The SMILES string of the molecule is CCC(=O)c1ccc(-c2c(C)cc(C)cc2F)cc1. The number of ketones is 1. The molecule has 0 radical (unpaired) electrons. The summed E-state index contributed by atoms with van der Waals surface area (Å²) in [5, 5.41) is 0. The van der Waals surface area contributed by atoms with Crippen LogP contribution in [0, 0.1) is 19.7 Å². The molecule has 1 nitrogen and oxygen atoms in total. The minimum atomic E-state index is -0.216. The van der Waals surface area contributed by atoms with Crippen molar-refractivity contribution in [1.82, 2.24) is 0 Å². The molecule has 0 atom stereocenters. The van der Waals surface area contributed by atoms with Crippen LogP contribution in [0.2, 0.25) is 0 Å². The van der Waals surface area contributed by atoms with Crippen LogP contribution in [0.1, 0.15) is 34.8 Å². The molecule has 2 rings (SSSR count). The summed E-state index contributed by atoms with van der Waals surface area (Å²) in [5.41, 5.74) is 3.92. The van der Waals surface area contributed by atoms with E-state index < -0.39 is 0 Å². The van der Waals surface area contributed by atoms with E-state index in [0.717, 1.165) is 16.7 Å². The Balaban J connectivity index is 2.46. The second-order valence-corrected chi connectivity index (χ2v) is 4.79. The molecule has 19 heavy (non-hydrogen) atoms. The molecule has 0 saturated heterocycles. The molecule has 2 aromatic rings. The van der Waals surface area contributed by atoms with Crippen molar-refractivity contribution in [2.24, 2.45) is 0 Å². The lowest BCUT2D eigenvalue weighted by molar-refractivity contribution is 0.0988. The van der Waals surface area contributed by atoms with Crippen LogP contribution < -0.4 is 0 Å². The Bertz CT molecular complexity index is 589. The highest BCUT2D eigenvalue weighted by Crippen LogP contribution is 2.28. The van der Waals surface area contributed by atoms with E-state index in [0.29, 0.717) is 17.5 Å². The van der Waals surface area contributed by atoms with Gasteiger partial charge in [-0.15, -0.1) is 0 Å². The van der Waals surface area contributed by atoms with Gasteiger partial charge in [0, 0.05) is 17.5 Å². The number of benzene rings is 2. The Labute approximate surface area is 113 Å². The van der Waals surface area contributed by atoms with Gasteiger partial charge in [-0.05, 0) is 36.6 Å². The first-order valence-corrected chi connectivity index (χ1v) is 6.43. The second-order valence-electron chi connectivity index (χ2n) is 4.79. The topological polar surface area (TPSA) is 17.1 Å². The maximum absolute atomic E-state index is 14.1. The van der Waals surface area contributed by atoms with Gasteiger partial charge in [-0.25, -0.2) is 4.39 Å². The van der Waals surface area contributed by atoms with Crippen molar-refractivity contribution in [3.8, 4) is 11.1 Å². The number of halogens is 1. The predicted molar refractivity (Wildman–Crippen MR) is 75.9 cm³/mol. The molecule has 2 aromatic carbocycles. The van der Waals surface area contributed by atoms with Crippen molar-refractivity contribution in [3.05, 3.63) is 58.9 Å². The van der Waals surface area contributed by atoms with E-state index in [4.69, 9.17) is 0 Å². The minimum absolute atomic E-state index is 0.104. The van der Waals surface area contributed by atoms with Gasteiger partial charge in [0.15, 0.2) is 5.78 Å². The number of aryl methyl sites for hydroxylation is 2. The summed E-state index contributed by atoms with van der Waals surface area (Å²) in [6, 6.07) is 10.6. The Morgan fingerprint density at radius 2 is 1.74 bits per heavy atom. The van der Waals surface area contributed by atoms with Gasteiger partial charge in [-0.3, -0.25) is 4.79 Å². The molecule has 0 amide bonds. The molecule has 0 aliphatic rings. The number of hydrogen-bond donors (Lipinski definition) is 0. The smallest absolute Gasteiger partial charge is 0.162 e. The normalized spacial score (nSPS) is 10.5. The molecule has 0 aliphatic heterocycles. The van der Waals surface area contributed by atoms with Crippen molar-refractivity contribution < 1.29 is 9.18 Å². The van der Waals surface area contributed by atoms with Gasteiger partial charge in [0.25, 0.3) is 0 Å². The maximum atomic E-state index is 14.1. The van der Waals surface area contributed by atoms with Gasteiger partial charge < -0.3 is 0 Å². The molecule has 0 aliphatic carbocycles. The van der Waals surface area contributed by atoms with E-state index in [1.807, 2.05) is 39.0 Å². The molecule has 0 unspecified atom stereocenters. The summed E-state index contributed by atoms with van der Waals surface area (Å²) >= 11 is 0. The van der Waals surface area contributed by atoms with E-state index in [1.165, 1.54) is 6.07 Å². The Morgan fingerprint density at radius 3 is 2.26 bits per heavy atom. The third-order valence-corrected chi connectivity index (χ3v) is 3.25. The van der Waals surface area contributed by atoms with Gasteiger partial charge in [0.05, 0.1) is 0 Å². The van der Waals surface area contributed by atoms with Crippen molar-refractivity contribution in [2.45, 2.75) is 27.2 Å².